The Balaban J connectivity index is 0.00000144. The van der Waals surface area contributed by atoms with Crippen molar-refractivity contribution < 1.29 is 4.79 Å². The molecule has 1 aliphatic rings. The van der Waals surface area contributed by atoms with Gasteiger partial charge in [-0.3, -0.25) is 4.79 Å². The van der Waals surface area contributed by atoms with Crippen molar-refractivity contribution >= 4 is 56.8 Å². The fraction of sp³-hybridized carbons (Fsp3) is 0.364. The van der Waals surface area contributed by atoms with Gasteiger partial charge in [-0.15, -0.1) is 12.4 Å². The van der Waals surface area contributed by atoms with Crippen LogP contribution < -0.4 is 5.73 Å². The number of amides is 1. The molecule has 0 saturated carbocycles. The lowest BCUT2D eigenvalue weighted by Crippen LogP contribution is -2.31. The molecule has 1 atom stereocenters. The molecule has 1 fully saturated rings. The van der Waals surface area contributed by atoms with Crippen LogP contribution >= 0.6 is 50.9 Å². The van der Waals surface area contributed by atoms with E-state index in [0.717, 1.165) is 26.6 Å². The molecule has 1 aliphatic heterocycles. The highest BCUT2D eigenvalue weighted by atomic mass is 127. The first-order chi connectivity index (χ1) is 7.58. The minimum absolute atomic E-state index is 0. The van der Waals surface area contributed by atoms with E-state index in [1.807, 2.05) is 23.1 Å². The van der Waals surface area contributed by atoms with Gasteiger partial charge < -0.3 is 10.6 Å². The topological polar surface area (TPSA) is 46.3 Å². The number of carbonyl (C=O) groups is 1. The Morgan fingerprint density at radius 2 is 2.24 bits per heavy atom. The van der Waals surface area contributed by atoms with E-state index in [-0.39, 0.29) is 24.4 Å². The molecule has 0 aromatic heterocycles. The Bertz CT molecular complexity index is 430. The second kappa shape index (κ2) is 6.36. The van der Waals surface area contributed by atoms with E-state index in [1.165, 1.54) is 0 Å². The van der Waals surface area contributed by atoms with Crippen LogP contribution in [-0.2, 0) is 0 Å². The third kappa shape index (κ3) is 3.56. The zero-order chi connectivity index (χ0) is 11.7. The number of hydrogen-bond acceptors (Lipinski definition) is 2. The van der Waals surface area contributed by atoms with Crippen LogP contribution in [0.15, 0.2) is 22.7 Å². The molecule has 0 aliphatic carbocycles. The first-order valence-electron chi connectivity index (χ1n) is 5.08. The number of likely N-dealkylation sites (tertiary alicyclic amines) is 1. The molecule has 1 heterocycles. The average molecular weight is 431 g/mol. The fourth-order valence-corrected chi connectivity index (χ4v) is 2.50. The van der Waals surface area contributed by atoms with Gasteiger partial charge in [0.15, 0.2) is 0 Å². The van der Waals surface area contributed by atoms with Crippen molar-refractivity contribution in [2.24, 2.45) is 5.73 Å². The molecular weight excluding hydrogens is 418 g/mol. The van der Waals surface area contributed by atoms with Gasteiger partial charge in [-0.2, -0.15) is 0 Å². The molecule has 1 aromatic carbocycles. The maximum Gasteiger partial charge on any atom is 0.253 e. The van der Waals surface area contributed by atoms with Gasteiger partial charge in [-0.05, 0) is 63.1 Å². The van der Waals surface area contributed by atoms with Gasteiger partial charge in [-0.25, -0.2) is 0 Å². The molecule has 1 saturated heterocycles. The van der Waals surface area contributed by atoms with E-state index in [4.69, 9.17) is 5.73 Å². The summed E-state index contributed by atoms with van der Waals surface area (Å²) < 4.78 is 2.06. The molecular formula is C11H13BrClIN2O. The van der Waals surface area contributed by atoms with Crippen LogP contribution in [0.1, 0.15) is 16.8 Å². The van der Waals surface area contributed by atoms with Crippen LogP contribution in [0.3, 0.4) is 0 Å². The highest BCUT2D eigenvalue weighted by molar-refractivity contribution is 14.1. The van der Waals surface area contributed by atoms with Crippen LogP contribution in [0.25, 0.3) is 0 Å². The standard InChI is InChI=1S/C11H12BrIN2O.ClH/c12-9-5-7(1-2-10(9)13)11(16)15-4-3-8(14)6-15;/h1-2,5,8H,3-4,6,14H2;1H/t8-;/m0./s1. The second-order valence-corrected chi connectivity index (χ2v) is 5.95. The summed E-state index contributed by atoms with van der Waals surface area (Å²) in [4.78, 5) is 13.9. The lowest BCUT2D eigenvalue weighted by molar-refractivity contribution is 0.0791. The van der Waals surface area contributed by atoms with E-state index in [0.29, 0.717) is 6.54 Å². The van der Waals surface area contributed by atoms with Crippen molar-refractivity contribution in [1.29, 1.82) is 0 Å². The summed E-state index contributed by atoms with van der Waals surface area (Å²) in [5, 5.41) is 0. The summed E-state index contributed by atoms with van der Waals surface area (Å²) in [5.74, 6) is 0.0741. The highest BCUT2D eigenvalue weighted by Gasteiger charge is 2.24. The minimum Gasteiger partial charge on any atom is -0.337 e. The summed E-state index contributed by atoms with van der Waals surface area (Å²) in [7, 11) is 0. The molecule has 6 heteroatoms. The summed E-state index contributed by atoms with van der Waals surface area (Å²) in [6.07, 6.45) is 0.900. The van der Waals surface area contributed by atoms with Crippen molar-refractivity contribution in [3.05, 3.63) is 31.8 Å². The normalized spacial score (nSPS) is 19.0. The Hall–Kier alpha value is 0.150. The van der Waals surface area contributed by atoms with Gasteiger partial charge >= 0.3 is 0 Å². The lowest BCUT2D eigenvalue weighted by atomic mass is 10.2. The number of halogens is 3. The van der Waals surface area contributed by atoms with E-state index in [9.17, 15) is 4.79 Å². The number of nitrogens with zero attached hydrogens (tertiary/aromatic N) is 1. The van der Waals surface area contributed by atoms with Gasteiger partial charge in [0, 0.05) is 32.7 Å². The number of rotatable bonds is 1. The van der Waals surface area contributed by atoms with Gasteiger partial charge in [0.1, 0.15) is 0 Å². The van der Waals surface area contributed by atoms with Crippen LogP contribution in [-0.4, -0.2) is 29.9 Å². The quantitative estimate of drug-likeness (QED) is 0.695. The molecule has 17 heavy (non-hydrogen) atoms. The summed E-state index contributed by atoms with van der Waals surface area (Å²) in [5.41, 5.74) is 6.51. The molecule has 0 spiro atoms. The highest BCUT2D eigenvalue weighted by Crippen LogP contribution is 2.22. The van der Waals surface area contributed by atoms with Crippen molar-refractivity contribution in [2.45, 2.75) is 12.5 Å². The Labute approximate surface area is 129 Å². The van der Waals surface area contributed by atoms with Crippen LogP contribution in [0.2, 0.25) is 0 Å². The number of hydrogen-bond donors (Lipinski definition) is 1. The van der Waals surface area contributed by atoms with Gasteiger partial charge in [0.25, 0.3) is 5.91 Å². The van der Waals surface area contributed by atoms with E-state index in [2.05, 4.69) is 38.5 Å². The molecule has 2 N–H and O–H groups in total. The van der Waals surface area contributed by atoms with Crippen molar-refractivity contribution in [3.8, 4) is 0 Å². The zero-order valence-corrected chi connectivity index (χ0v) is 13.6. The van der Waals surface area contributed by atoms with Crippen LogP contribution in [0.5, 0.6) is 0 Å². The molecule has 0 unspecified atom stereocenters. The molecule has 3 nitrogen and oxygen atoms in total. The third-order valence-corrected chi connectivity index (χ3v) is 5.02. The predicted molar refractivity (Wildman–Crippen MR) is 82.6 cm³/mol. The molecule has 2 rings (SSSR count). The Morgan fingerprint density at radius 1 is 1.53 bits per heavy atom. The second-order valence-electron chi connectivity index (χ2n) is 3.93. The number of nitrogens with two attached hydrogens (primary N) is 1. The maximum atomic E-state index is 12.1. The minimum atomic E-state index is 0. The lowest BCUT2D eigenvalue weighted by Gasteiger charge is -2.16. The van der Waals surface area contributed by atoms with E-state index in [1.54, 1.807) is 0 Å². The predicted octanol–water partition coefficient (Wildman–Crippen LogP) is 2.65. The van der Waals surface area contributed by atoms with E-state index >= 15 is 0 Å². The first-order valence-corrected chi connectivity index (χ1v) is 6.95. The maximum absolute atomic E-state index is 12.1. The van der Waals surface area contributed by atoms with Gasteiger partial charge in [0.05, 0.1) is 0 Å². The van der Waals surface area contributed by atoms with Crippen LogP contribution in [0, 0.1) is 3.57 Å². The zero-order valence-electron chi connectivity index (χ0n) is 9.03. The monoisotopic (exact) mass is 430 g/mol. The van der Waals surface area contributed by atoms with E-state index < -0.39 is 0 Å². The van der Waals surface area contributed by atoms with Gasteiger partial charge in [0.2, 0.25) is 0 Å². The van der Waals surface area contributed by atoms with Crippen molar-refractivity contribution in [2.75, 3.05) is 13.1 Å². The molecule has 0 radical (unpaired) electrons. The largest absolute Gasteiger partial charge is 0.337 e. The summed E-state index contributed by atoms with van der Waals surface area (Å²) >= 11 is 5.66. The summed E-state index contributed by atoms with van der Waals surface area (Å²) in [6, 6.07) is 5.80. The van der Waals surface area contributed by atoms with Gasteiger partial charge in [-0.1, -0.05) is 0 Å². The Kier molecular flexibility index (Phi) is 5.69. The van der Waals surface area contributed by atoms with Crippen molar-refractivity contribution in [3.63, 3.8) is 0 Å². The van der Waals surface area contributed by atoms with Crippen LogP contribution in [0.4, 0.5) is 0 Å². The van der Waals surface area contributed by atoms with Crippen molar-refractivity contribution in [1.82, 2.24) is 4.90 Å². The smallest absolute Gasteiger partial charge is 0.253 e. The molecule has 1 amide bonds. The number of carbonyl (C=O) groups excluding carboxylic acids is 1. The molecule has 0 bridgehead atoms. The summed E-state index contributed by atoms with van der Waals surface area (Å²) in [6.45, 7) is 1.44. The molecule has 1 aromatic rings. The average Bonchev–Trinajstić information content (AvgIpc) is 2.68. The molecule has 94 valence electrons. The first kappa shape index (κ1) is 15.2. The Morgan fingerprint density at radius 3 is 2.76 bits per heavy atom. The SMILES string of the molecule is Cl.N[C@H]1CCN(C(=O)c2ccc(I)c(Br)c2)C1. The third-order valence-electron chi connectivity index (χ3n) is 2.68. The fourth-order valence-electron chi connectivity index (χ4n) is 1.78. The number of benzene rings is 1.